The van der Waals surface area contributed by atoms with Crippen molar-refractivity contribution in [3.8, 4) is 17.2 Å². The van der Waals surface area contributed by atoms with Gasteiger partial charge in [0.1, 0.15) is 11.6 Å². The third-order valence-electron chi connectivity index (χ3n) is 2.58. The number of hydrogen-bond donors (Lipinski definition) is 0. The first kappa shape index (κ1) is 14.6. The van der Waals surface area contributed by atoms with Crippen LogP contribution in [0.25, 0.3) is 11.1 Å². The Kier molecular flexibility index (Phi) is 3.89. The van der Waals surface area contributed by atoms with Crippen molar-refractivity contribution in [2.24, 2.45) is 0 Å². The van der Waals surface area contributed by atoms with E-state index in [1.54, 1.807) is 0 Å². The zero-order chi connectivity index (χ0) is 15.0. The Morgan fingerprint density at radius 3 is 1.85 bits per heavy atom. The van der Waals surface area contributed by atoms with Gasteiger partial charge < -0.3 is 0 Å². The molecule has 20 heavy (non-hydrogen) atoms. The molecule has 2 aromatic carbocycles. The molecule has 0 atom stereocenters. The van der Waals surface area contributed by atoms with Crippen LogP contribution in [0.1, 0.15) is 5.56 Å². The topological polar surface area (TPSA) is 23.8 Å². The number of nitrogens with zero attached hydrogens (tertiary/aromatic N) is 1. The van der Waals surface area contributed by atoms with Gasteiger partial charge in [0.05, 0.1) is 15.6 Å². The summed E-state index contributed by atoms with van der Waals surface area (Å²) in [4.78, 5) is 0. The van der Waals surface area contributed by atoms with E-state index >= 15 is 0 Å². The summed E-state index contributed by atoms with van der Waals surface area (Å²) in [5.41, 5.74) is -2.46. The Morgan fingerprint density at radius 1 is 0.850 bits per heavy atom. The first-order valence-corrected chi connectivity index (χ1v) is 5.85. The second-order valence-electron chi connectivity index (χ2n) is 3.75. The van der Waals surface area contributed by atoms with Gasteiger partial charge in [-0.05, 0) is 17.7 Å². The van der Waals surface area contributed by atoms with Crippen molar-refractivity contribution in [3.63, 3.8) is 0 Å². The van der Waals surface area contributed by atoms with E-state index in [4.69, 9.17) is 28.5 Å². The predicted octanol–water partition coefficient (Wildman–Crippen LogP) is 5.09. The van der Waals surface area contributed by atoms with Gasteiger partial charge in [-0.3, -0.25) is 0 Å². The van der Waals surface area contributed by atoms with Gasteiger partial charge in [-0.25, -0.2) is 17.6 Å². The van der Waals surface area contributed by atoms with Crippen LogP contribution < -0.4 is 0 Å². The van der Waals surface area contributed by atoms with Gasteiger partial charge in [0.25, 0.3) is 0 Å². The summed E-state index contributed by atoms with van der Waals surface area (Å²) in [5, 5.41) is 8.57. The normalized spacial score (nSPS) is 10.4. The molecule has 0 saturated heterocycles. The predicted molar refractivity (Wildman–Crippen MR) is 66.4 cm³/mol. The molecule has 0 bridgehead atoms. The molecule has 0 aliphatic carbocycles. The van der Waals surface area contributed by atoms with Gasteiger partial charge in [0, 0.05) is 0 Å². The van der Waals surface area contributed by atoms with Crippen LogP contribution in [0.4, 0.5) is 17.6 Å². The fraction of sp³-hybridized carbons (Fsp3) is 0. The SMILES string of the molecule is N#Cc1c(F)c(F)c(-c2ccc(Cl)c(Cl)c2)c(F)c1F. The molecule has 1 nitrogen and oxygen atoms in total. The van der Waals surface area contributed by atoms with Crippen LogP contribution in [0, 0.1) is 34.6 Å². The minimum atomic E-state index is -1.76. The molecular weight excluding hydrogens is 317 g/mol. The lowest BCUT2D eigenvalue weighted by Gasteiger charge is -2.09. The van der Waals surface area contributed by atoms with Crippen molar-refractivity contribution in [1.29, 1.82) is 5.26 Å². The molecule has 0 N–H and O–H groups in total. The Labute approximate surface area is 121 Å². The minimum absolute atomic E-state index is 0.0341. The molecular formula is C13H3Cl2F4N. The number of halogens is 6. The van der Waals surface area contributed by atoms with Crippen LogP contribution in [-0.2, 0) is 0 Å². The fourth-order valence-corrected chi connectivity index (χ4v) is 1.93. The zero-order valence-electron chi connectivity index (χ0n) is 9.45. The van der Waals surface area contributed by atoms with Gasteiger partial charge in [0.15, 0.2) is 23.3 Å². The van der Waals surface area contributed by atoms with Gasteiger partial charge >= 0.3 is 0 Å². The highest BCUT2D eigenvalue weighted by molar-refractivity contribution is 6.42. The highest BCUT2D eigenvalue weighted by atomic mass is 35.5. The molecule has 102 valence electrons. The number of nitriles is 1. The molecule has 0 saturated carbocycles. The smallest absolute Gasteiger partial charge is 0.180 e. The van der Waals surface area contributed by atoms with Gasteiger partial charge in [-0.2, -0.15) is 5.26 Å². The number of rotatable bonds is 1. The Hall–Kier alpha value is -1.77. The maximum atomic E-state index is 13.8. The molecule has 0 fully saturated rings. The van der Waals surface area contributed by atoms with Crippen LogP contribution in [0.3, 0.4) is 0 Å². The lowest BCUT2D eigenvalue weighted by atomic mass is 10.0. The third kappa shape index (κ3) is 2.21. The summed E-state index contributed by atoms with van der Waals surface area (Å²) in [7, 11) is 0. The molecule has 0 spiro atoms. The fourth-order valence-electron chi connectivity index (χ4n) is 1.63. The van der Waals surface area contributed by atoms with Crippen molar-refractivity contribution in [3.05, 3.63) is 57.1 Å². The average Bonchev–Trinajstić information content (AvgIpc) is 2.41. The summed E-state index contributed by atoms with van der Waals surface area (Å²) in [6.07, 6.45) is 0. The molecule has 0 amide bonds. The Balaban J connectivity index is 2.82. The standard InChI is InChI=1S/C13H3Cl2F4N/c14-7-2-1-5(3-8(7)15)9-12(18)10(16)6(4-20)11(17)13(9)19/h1-3H. The lowest BCUT2D eigenvalue weighted by Crippen LogP contribution is -2.03. The largest absolute Gasteiger partial charge is 0.203 e. The van der Waals surface area contributed by atoms with Gasteiger partial charge in [0.2, 0.25) is 0 Å². The van der Waals surface area contributed by atoms with E-state index in [-0.39, 0.29) is 15.6 Å². The van der Waals surface area contributed by atoms with E-state index in [0.29, 0.717) is 0 Å². The van der Waals surface area contributed by atoms with E-state index in [2.05, 4.69) is 0 Å². The van der Waals surface area contributed by atoms with Gasteiger partial charge in [-0.15, -0.1) is 0 Å². The van der Waals surface area contributed by atoms with E-state index in [1.165, 1.54) is 6.07 Å². The van der Waals surface area contributed by atoms with Crippen molar-refractivity contribution < 1.29 is 17.6 Å². The molecule has 7 heteroatoms. The van der Waals surface area contributed by atoms with Crippen LogP contribution in [0.2, 0.25) is 10.0 Å². The van der Waals surface area contributed by atoms with Gasteiger partial charge in [-0.1, -0.05) is 29.3 Å². The maximum absolute atomic E-state index is 13.8. The summed E-state index contributed by atoms with van der Waals surface area (Å²) in [6.45, 7) is 0. The highest BCUT2D eigenvalue weighted by Crippen LogP contribution is 2.34. The lowest BCUT2D eigenvalue weighted by molar-refractivity contribution is 0.454. The summed E-state index contributed by atoms with van der Waals surface area (Å²) in [5.74, 6) is -6.85. The van der Waals surface area contributed by atoms with E-state index in [0.717, 1.165) is 18.2 Å². The van der Waals surface area contributed by atoms with Crippen LogP contribution in [-0.4, -0.2) is 0 Å². The molecule has 0 aromatic heterocycles. The summed E-state index contributed by atoms with van der Waals surface area (Å²) >= 11 is 11.3. The van der Waals surface area contributed by atoms with E-state index in [1.807, 2.05) is 0 Å². The van der Waals surface area contributed by atoms with Crippen molar-refractivity contribution in [1.82, 2.24) is 0 Å². The second kappa shape index (κ2) is 5.31. The zero-order valence-corrected chi connectivity index (χ0v) is 11.0. The molecule has 0 radical (unpaired) electrons. The third-order valence-corrected chi connectivity index (χ3v) is 3.32. The molecule has 2 rings (SSSR count). The molecule has 2 aromatic rings. The van der Waals surface area contributed by atoms with E-state index in [9.17, 15) is 17.6 Å². The quantitative estimate of drug-likeness (QED) is 0.530. The van der Waals surface area contributed by atoms with Crippen LogP contribution in [0.15, 0.2) is 18.2 Å². The number of benzene rings is 2. The maximum Gasteiger partial charge on any atom is 0.180 e. The monoisotopic (exact) mass is 319 g/mol. The first-order valence-electron chi connectivity index (χ1n) is 5.10. The van der Waals surface area contributed by atoms with Crippen molar-refractivity contribution in [2.45, 2.75) is 0 Å². The molecule has 0 aliphatic heterocycles. The Bertz CT molecular complexity index is 724. The second-order valence-corrected chi connectivity index (χ2v) is 4.56. The first-order chi connectivity index (χ1) is 9.38. The van der Waals surface area contributed by atoms with Crippen molar-refractivity contribution in [2.75, 3.05) is 0 Å². The number of hydrogen-bond acceptors (Lipinski definition) is 1. The molecule has 0 aliphatic rings. The Morgan fingerprint density at radius 2 is 1.40 bits per heavy atom. The minimum Gasteiger partial charge on any atom is -0.203 e. The van der Waals surface area contributed by atoms with Crippen LogP contribution in [0.5, 0.6) is 0 Å². The summed E-state index contributed by atoms with van der Waals surface area (Å²) < 4.78 is 54.6. The molecule has 0 unspecified atom stereocenters. The summed E-state index contributed by atoms with van der Waals surface area (Å²) in [6, 6.07) is 4.51. The van der Waals surface area contributed by atoms with Crippen LogP contribution >= 0.6 is 23.2 Å². The van der Waals surface area contributed by atoms with Crippen molar-refractivity contribution >= 4 is 23.2 Å². The highest BCUT2D eigenvalue weighted by Gasteiger charge is 2.26. The molecule has 0 heterocycles. The average molecular weight is 320 g/mol. The van der Waals surface area contributed by atoms with E-state index < -0.39 is 34.4 Å².